The molecule has 3 aromatic rings. The van der Waals surface area contributed by atoms with Crippen molar-refractivity contribution in [3.05, 3.63) is 101 Å². The molecular formula is C24H22N2O3. The van der Waals surface area contributed by atoms with Gasteiger partial charge in [-0.3, -0.25) is 9.59 Å². The normalized spacial score (nSPS) is 15.2. The Balaban J connectivity index is 1.35. The van der Waals surface area contributed by atoms with Gasteiger partial charge in [0.1, 0.15) is 6.10 Å². The molecule has 0 fully saturated rings. The Kier molecular flexibility index (Phi) is 5.68. The van der Waals surface area contributed by atoms with E-state index in [0.717, 1.165) is 12.0 Å². The molecule has 1 heterocycles. The summed E-state index contributed by atoms with van der Waals surface area (Å²) in [5, 5.41) is 5.77. The number of hydrogen-bond acceptors (Lipinski definition) is 3. The predicted octanol–water partition coefficient (Wildman–Crippen LogP) is 3.98. The number of carbonyl (C=O) groups is 2. The molecule has 0 unspecified atom stereocenters. The maximum absolute atomic E-state index is 12.5. The van der Waals surface area contributed by atoms with Crippen molar-refractivity contribution in [2.45, 2.75) is 12.5 Å². The number of benzene rings is 3. The van der Waals surface area contributed by atoms with Crippen molar-refractivity contribution in [1.29, 1.82) is 0 Å². The van der Waals surface area contributed by atoms with Gasteiger partial charge in [-0.25, -0.2) is 0 Å². The summed E-state index contributed by atoms with van der Waals surface area (Å²) in [5.74, 6) is -0.353. The number of carbonyl (C=O) groups excluding carboxylic acids is 2. The van der Waals surface area contributed by atoms with E-state index in [1.807, 2.05) is 30.3 Å². The molecule has 29 heavy (non-hydrogen) atoms. The summed E-state index contributed by atoms with van der Waals surface area (Å²) in [6, 6.07) is 24.0. The van der Waals surface area contributed by atoms with Gasteiger partial charge in [0.15, 0.2) is 0 Å². The average Bonchev–Trinajstić information content (AvgIpc) is 2.78. The largest absolute Gasteiger partial charge is 0.371 e. The van der Waals surface area contributed by atoms with Crippen LogP contribution in [0.15, 0.2) is 78.9 Å². The molecule has 0 aromatic heterocycles. The average molecular weight is 386 g/mol. The lowest BCUT2D eigenvalue weighted by molar-refractivity contribution is 0.0411. The van der Waals surface area contributed by atoms with Crippen molar-refractivity contribution in [3.8, 4) is 0 Å². The van der Waals surface area contributed by atoms with Crippen LogP contribution in [0.4, 0.5) is 5.69 Å². The van der Waals surface area contributed by atoms with Crippen molar-refractivity contribution in [1.82, 2.24) is 5.32 Å². The smallest absolute Gasteiger partial charge is 0.255 e. The highest BCUT2D eigenvalue weighted by molar-refractivity contribution is 6.04. The third-order valence-electron chi connectivity index (χ3n) is 4.98. The summed E-state index contributed by atoms with van der Waals surface area (Å²) in [6.07, 6.45) is 0.768. The second-order valence-electron chi connectivity index (χ2n) is 6.92. The fourth-order valence-corrected chi connectivity index (χ4v) is 3.43. The van der Waals surface area contributed by atoms with E-state index >= 15 is 0 Å². The zero-order valence-electron chi connectivity index (χ0n) is 15.9. The molecule has 4 rings (SSSR count). The first-order chi connectivity index (χ1) is 14.2. The van der Waals surface area contributed by atoms with E-state index in [-0.39, 0.29) is 17.9 Å². The van der Waals surface area contributed by atoms with Crippen LogP contribution >= 0.6 is 0 Å². The van der Waals surface area contributed by atoms with Gasteiger partial charge in [-0.2, -0.15) is 0 Å². The van der Waals surface area contributed by atoms with Crippen molar-refractivity contribution in [2.75, 3.05) is 18.5 Å². The molecule has 1 aliphatic rings. The molecule has 0 bridgehead atoms. The van der Waals surface area contributed by atoms with E-state index in [4.69, 9.17) is 4.74 Å². The van der Waals surface area contributed by atoms with Gasteiger partial charge in [-0.15, -0.1) is 0 Å². The second-order valence-corrected chi connectivity index (χ2v) is 6.92. The molecule has 1 atom stereocenters. The molecule has 2 amide bonds. The lowest BCUT2D eigenvalue weighted by Crippen LogP contribution is -2.31. The number of fused-ring (bicyclic) bond motifs is 1. The third-order valence-corrected chi connectivity index (χ3v) is 4.98. The Bertz CT molecular complexity index is 1000. The third kappa shape index (κ3) is 4.52. The van der Waals surface area contributed by atoms with Crippen LogP contribution in [-0.4, -0.2) is 25.0 Å². The highest BCUT2D eigenvalue weighted by Crippen LogP contribution is 2.26. The first-order valence-electron chi connectivity index (χ1n) is 9.65. The molecule has 0 aliphatic carbocycles. The maximum atomic E-state index is 12.5. The minimum Gasteiger partial charge on any atom is -0.371 e. The van der Waals surface area contributed by atoms with Gasteiger partial charge >= 0.3 is 0 Å². The lowest BCUT2D eigenvalue weighted by Gasteiger charge is -2.26. The van der Waals surface area contributed by atoms with Gasteiger partial charge in [0.2, 0.25) is 0 Å². The fraction of sp³-hybridized carbons (Fsp3) is 0.167. The van der Waals surface area contributed by atoms with Gasteiger partial charge in [0.05, 0.1) is 6.61 Å². The maximum Gasteiger partial charge on any atom is 0.255 e. The van der Waals surface area contributed by atoms with Crippen molar-refractivity contribution in [3.63, 3.8) is 0 Å². The Labute approximate surface area is 169 Å². The molecule has 2 N–H and O–H groups in total. The number of amides is 2. The molecule has 5 nitrogen and oxygen atoms in total. The van der Waals surface area contributed by atoms with E-state index < -0.39 is 0 Å². The highest BCUT2D eigenvalue weighted by Gasteiger charge is 2.21. The van der Waals surface area contributed by atoms with Crippen LogP contribution in [0, 0.1) is 0 Å². The molecule has 0 spiro atoms. The van der Waals surface area contributed by atoms with Crippen LogP contribution in [-0.2, 0) is 11.2 Å². The number of ether oxygens (including phenoxy) is 1. The molecule has 146 valence electrons. The second kappa shape index (κ2) is 8.71. The van der Waals surface area contributed by atoms with Gasteiger partial charge in [0.25, 0.3) is 11.8 Å². The summed E-state index contributed by atoms with van der Waals surface area (Å²) >= 11 is 0. The topological polar surface area (TPSA) is 67.4 Å². The zero-order chi connectivity index (χ0) is 20.1. The summed E-state index contributed by atoms with van der Waals surface area (Å²) in [5.41, 5.74) is 4.17. The SMILES string of the molecule is O=C(NC[C@@H]1OCCc2ccccc21)c1ccc(NC(=O)c2ccccc2)cc1. The Morgan fingerprint density at radius 2 is 1.52 bits per heavy atom. The van der Waals surface area contributed by atoms with E-state index in [9.17, 15) is 9.59 Å². The predicted molar refractivity (Wildman–Crippen MR) is 112 cm³/mol. The monoisotopic (exact) mass is 386 g/mol. The Hall–Kier alpha value is -3.44. The van der Waals surface area contributed by atoms with Crippen LogP contribution in [0.3, 0.4) is 0 Å². The molecule has 3 aromatic carbocycles. The van der Waals surface area contributed by atoms with Crippen LogP contribution in [0.1, 0.15) is 37.9 Å². The van der Waals surface area contributed by atoms with Crippen molar-refractivity contribution >= 4 is 17.5 Å². The molecular weight excluding hydrogens is 364 g/mol. The van der Waals surface area contributed by atoms with Crippen molar-refractivity contribution < 1.29 is 14.3 Å². The van der Waals surface area contributed by atoms with Crippen LogP contribution in [0.25, 0.3) is 0 Å². The molecule has 0 saturated carbocycles. The number of nitrogens with one attached hydrogen (secondary N) is 2. The minimum atomic E-state index is -0.184. The van der Waals surface area contributed by atoms with Crippen LogP contribution in [0.2, 0.25) is 0 Å². The van der Waals surface area contributed by atoms with E-state index in [0.29, 0.717) is 30.0 Å². The Morgan fingerprint density at radius 1 is 0.828 bits per heavy atom. The highest BCUT2D eigenvalue weighted by atomic mass is 16.5. The van der Waals surface area contributed by atoms with Gasteiger partial charge in [-0.05, 0) is 53.9 Å². The van der Waals surface area contributed by atoms with Crippen LogP contribution in [0.5, 0.6) is 0 Å². The van der Waals surface area contributed by atoms with Gasteiger partial charge < -0.3 is 15.4 Å². The fourth-order valence-electron chi connectivity index (χ4n) is 3.43. The summed E-state index contributed by atoms with van der Waals surface area (Å²) in [6.45, 7) is 1.08. The molecule has 0 saturated heterocycles. The number of hydrogen-bond donors (Lipinski definition) is 2. The zero-order valence-corrected chi connectivity index (χ0v) is 15.9. The van der Waals surface area contributed by atoms with E-state index in [1.54, 1.807) is 36.4 Å². The molecule has 0 radical (unpaired) electrons. The minimum absolute atomic E-state index is 0.131. The van der Waals surface area contributed by atoms with Crippen molar-refractivity contribution in [2.24, 2.45) is 0 Å². The molecule has 5 heteroatoms. The van der Waals surface area contributed by atoms with Gasteiger partial charge in [-0.1, -0.05) is 42.5 Å². The summed E-state index contributed by atoms with van der Waals surface area (Å²) in [7, 11) is 0. The number of anilines is 1. The van der Waals surface area contributed by atoms with E-state index in [1.165, 1.54) is 5.56 Å². The Morgan fingerprint density at radius 3 is 2.31 bits per heavy atom. The standard InChI is InChI=1S/C24H22N2O3/c27-23(25-16-22-21-9-5-4-6-17(21)14-15-29-22)19-10-12-20(13-11-19)26-24(28)18-7-2-1-3-8-18/h1-13,22H,14-16H2,(H,25,27)(H,26,28)/t22-/m0/s1. The summed E-state index contributed by atoms with van der Waals surface area (Å²) < 4.78 is 5.83. The van der Waals surface area contributed by atoms with Gasteiger partial charge in [0, 0.05) is 23.4 Å². The summed E-state index contributed by atoms with van der Waals surface area (Å²) in [4.78, 5) is 24.7. The molecule has 1 aliphatic heterocycles. The number of rotatable bonds is 5. The van der Waals surface area contributed by atoms with Crippen LogP contribution < -0.4 is 10.6 Å². The quantitative estimate of drug-likeness (QED) is 0.697. The van der Waals surface area contributed by atoms with E-state index in [2.05, 4.69) is 22.8 Å². The first-order valence-corrected chi connectivity index (χ1v) is 9.65. The first kappa shape index (κ1) is 18.9. The lowest BCUT2D eigenvalue weighted by atomic mass is 9.97.